The van der Waals surface area contributed by atoms with Crippen LogP contribution in [0.15, 0.2) is 60.8 Å². The molecule has 1 aromatic heterocycles. The Labute approximate surface area is 122 Å². The van der Waals surface area contributed by atoms with Gasteiger partial charge in [0.25, 0.3) is 5.69 Å². The van der Waals surface area contributed by atoms with E-state index in [-0.39, 0.29) is 10.6 Å². The van der Waals surface area contributed by atoms with Gasteiger partial charge in [-0.25, -0.2) is 0 Å². The Morgan fingerprint density at radius 3 is 2.57 bits per heavy atom. The first-order valence-corrected chi connectivity index (χ1v) is 7.02. The molecule has 0 unspecified atom stereocenters. The van der Waals surface area contributed by atoms with E-state index in [1.54, 1.807) is 12.1 Å². The average Bonchev–Trinajstić information content (AvgIpc) is 2.91. The zero-order valence-corrected chi connectivity index (χ0v) is 11.6. The standard InChI is InChI=1S/C17H16N2O2/c20-19(21)16-10-4-9-15-11-13-18(17(15)16)12-5-8-14-6-2-1-3-7-14/h1-4,6-7,9-11,13H,5,8,12H2. The lowest BCUT2D eigenvalue weighted by atomic mass is 10.1. The number of nitro benzene ring substituents is 1. The topological polar surface area (TPSA) is 48.1 Å². The van der Waals surface area contributed by atoms with Gasteiger partial charge < -0.3 is 4.57 Å². The van der Waals surface area contributed by atoms with Crippen molar-refractivity contribution >= 4 is 16.6 Å². The van der Waals surface area contributed by atoms with E-state index < -0.39 is 0 Å². The molecule has 0 aliphatic heterocycles. The summed E-state index contributed by atoms with van der Waals surface area (Å²) in [6, 6.07) is 17.4. The number of hydrogen-bond donors (Lipinski definition) is 0. The number of aryl methyl sites for hydroxylation is 2. The van der Waals surface area contributed by atoms with E-state index in [0.29, 0.717) is 0 Å². The molecule has 106 valence electrons. The van der Waals surface area contributed by atoms with E-state index in [1.165, 1.54) is 5.56 Å². The third kappa shape index (κ3) is 2.79. The molecule has 21 heavy (non-hydrogen) atoms. The third-order valence-electron chi connectivity index (χ3n) is 3.67. The molecule has 1 heterocycles. The van der Waals surface area contributed by atoms with Crippen molar-refractivity contribution in [2.45, 2.75) is 19.4 Å². The molecule has 4 nitrogen and oxygen atoms in total. The lowest BCUT2D eigenvalue weighted by Crippen LogP contribution is -2.00. The molecular formula is C17H16N2O2. The van der Waals surface area contributed by atoms with Gasteiger partial charge in [0, 0.05) is 24.2 Å². The maximum atomic E-state index is 11.2. The maximum Gasteiger partial charge on any atom is 0.293 e. The van der Waals surface area contributed by atoms with Gasteiger partial charge in [0.05, 0.1) is 4.92 Å². The molecule has 3 rings (SSSR count). The Morgan fingerprint density at radius 1 is 1.00 bits per heavy atom. The van der Waals surface area contributed by atoms with Crippen molar-refractivity contribution in [3.63, 3.8) is 0 Å². The van der Waals surface area contributed by atoms with Crippen LogP contribution in [0, 0.1) is 10.1 Å². The summed E-state index contributed by atoms with van der Waals surface area (Å²) in [6.07, 6.45) is 3.86. The van der Waals surface area contributed by atoms with E-state index >= 15 is 0 Å². The first-order chi connectivity index (χ1) is 10.3. The van der Waals surface area contributed by atoms with Crippen LogP contribution in [0.4, 0.5) is 5.69 Å². The highest BCUT2D eigenvalue weighted by Gasteiger charge is 2.14. The van der Waals surface area contributed by atoms with Gasteiger partial charge in [0.1, 0.15) is 5.52 Å². The quantitative estimate of drug-likeness (QED) is 0.520. The highest BCUT2D eigenvalue weighted by molar-refractivity contribution is 5.88. The van der Waals surface area contributed by atoms with Crippen molar-refractivity contribution in [2.24, 2.45) is 0 Å². The van der Waals surface area contributed by atoms with Gasteiger partial charge in [0.15, 0.2) is 0 Å². The van der Waals surface area contributed by atoms with Crippen LogP contribution in [0.25, 0.3) is 10.9 Å². The van der Waals surface area contributed by atoms with Crippen LogP contribution >= 0.6 is 0 Å². The molecule has 0 fully saturated rings. The van der Waals surface area contributed by atoms with Crippen molar-refractivity contribution in [3.05, 3.63) is 76.5 Å². The van der Waals surface area contributed by atoms with E-state index in [2.05, 4.69) is 12.1 Å². The van der Waals surface area contributed by atoms with Gasteiger partial charge in [-0.15, -0.1) is 0 Å². The first-order valence-electron chi connectivity index (χ1n) is 7.02. The van der Waals surface area contributed by atoms with Gasteiger partial charge in [-0.1, -0.05) is 42.5 Å². The van der Waals surface area contributed by atoms with Crippen molar-refractivity contribution in [1.29, 1.82) is 0 Å². The van der Waals surface area contributed by atoms with Crippen LogP contribution in [0.1, 0.15) is 12.0 Å². The summed E-state index contributed by atoms with van der Waals surface area (Å²) in [4.78, 5) is 10.8. The summed E-state index contributed by atoms with van der Waals surface area (Å²) in [5.41, 5.74) is 2.19. The molecule has 0 saturated heterocycles. The number of rotatable bonds is 5. The SMILES string of the molecule is O=[N+]([O-])c1cccc2ccn(CCCc3ccccc3)c12. The lowest BCUT2D eigenvalue weighted by Gasteiger charge is -2.06. The van der Waals surface area contributed by atoms with Crippen LogP contribution in [0.5, 0.6) is 0 Å². The number of non-ortho nitro benzene ring substituents is 1. The zero-order chi connectivity index (χ0) is 14.7. The number of hydrogen-bond acceptors (Lipinski definition) is 2. The van der Waals surface area contributed by atoms with Gasteiger partial charge in [0.2, 0.25) is 0 Å². The zero-order valence-electron chi connectivity index (χ0n) is 11.6. The summed E-state index contributed by atoms with van der Waals surface area (Å²) >= 11 is 0. The highest BCUT2D eigenvalue weighted by atomic mass is 16.6. The highest BCUT2D eigenvalue weighted by Crippen LogP contribution is 2.26. The Morgan fingerprint density at radius 2 is 1.81 bits per heavy atom. The minimum absolute atomic E-state index is 0.178. The summed E-state index contributed by atoms with van der Waals surface area (Å²) in [6.45, 7) is 0.781. The lowest BCUT2D eigenvalue weighted by molar-refractivity contribution is -0.383. The monoisotopic (exact) mass is 280 g/mol. The molecule has 0 bridgehead atoms. The fourth-order valence-electron chi connectivity index (χ4n) is 2.67. The Hall–Kier alpha value is -2.62. The van der Waals surface area contributed by atoms with Crippen molar-refractivity contribution in [2.75, 3.05) is 0 Å². The van der Waals surface area contributed by atoms with Gasteiger partial charge >= 0.3 is 0 Å². The van der Waals surface area contributed by atoms with E-state index in [1.807, 2.05) is 41.1 Å². The molecule has 0 atom stereocenters. The number of nitro groups is 1. The van der Waals surface area contributed by atoms with Crippen molar-refractivity contribution in [1.82, 2.24) is 4.57 Å². The number of para-hydroxylation sites is 1. The second-order valence-corrected chi connectivity index (χ2v) is 5.07. The summed E-state index contributed by atoms with van der Waals surface area (Å²) in [7, 11) is 0. The smallest absolute Gasteiger partial charge is 0.293 e. The number of nitrogens with zero attached hydrogens (tertiary/aromatic N) is 2. The summed E-state index contributed by atoms with van der Waals surface area (Å²) in [5.74, 6) is 0. The molecule has 0 amide bonds. The van der Waals surface area contributed by atoms with Crippen molar-refractivity contribution in [3.8, 4) is 0 Å². The van der Waals surface area contributed by atoms with Crippen LogP contribution in [0.2, 0.25) is 0 Å². The molecule has 0 saturated carbocycles. The second kappa shape index (κ2) is 5.79. The predicted molar refractivity (Wildman–Crippen MR) is 83.4 cm³/mol. The molecule has 0 aliphatic carbocycles. The molecular weight excluding hydrogens is 264 g/mol. The summed E-state index contributed by atoms with van der Waals surface area (Å²) < 4.78 is 1.98. The number of benzene rings is 2. The van der Waals surface area contributed by atoms with Crippen LogP contribution < -0.4 is 0 Å². The largest absolute Gasteiger partial charge is 0.342 e. The maximum absolute atomic E-state index is 11.2. The van der Waals surface area contributed by atoms with Crippen LogP contribution in [-0.4, -0.2) is 9.49 Å². The Balaban J connectivity index is 1.80. The molecule has 0 spiro atoms. The second-order valence-electron chi connectivity index (χ2n) is 5.07. The molecule has 4 heteroatoms. The van der Waals surface area contributed by atoms with Crippen LogP contribution in [-0.2, 0) is 13.0 Å². The fourth-order valence-corrected chi connectivity index (χ4v) is 2.67. The predicted octanol–water partition coefficient (Wildman–Crippen LogP) is 4.18. The molecule has 0 radical (unpaired) electrons. The molecule has 3 aromatic rings. The van der Waals surface area contributed by atoms with Gasteiger partial charge in [-0.3, -0.25) is 10.1 Å². The van der Waals surface area contributed by atoms with Gasteiger partial charge in [-0.05, 0) is 24.5 Å². The molecule has 0 aliphatic rings. The Kier molecular flexibility index (Phi) is 3.69. The minimum atomic E-state index is -0.309. The average molecular weight is 280 g/mol. The van der Waals surface area contributed by atoms with E-state index in [0.717, 1.165) is 30.3 Å². The Bertz CT molecular complexity index is 763. The first kappa shape index (κ1) is 13.4. The minimum Gasteiger partial charge on any atom is -0.342 e. The van der Waals surface area contributed by atoms with Gasteiger partial charge in [-0.2, -0.15) is 0 Å². The number of fused-ring (bicyclic) bond motifs is 1. The molecule has 0 N–H and O–H groups in total. The van der Waals surface area contributed by atoms with E-state index in [4.69, 9.17) is 0 Å². The molecule has 2 aromatic carbocycles. The number of aromatic nitrogens is 1. The third-order valence-corrected chi connectivity index (χ3v) is 3.67. The van der Waals surface area contributed by atoms with Crippen LogP contribution in [0.3, 0.4) is 0 Å². The van der Waals surface area contributed by atoms with E-state index in [9.17, 15) is 10.1 Å². The normalized spacial score (nSPS) is 10.9. The fraction of sp³-hybridized carbons (Fsp3) is 0.176. The summed E-state index contributed by atoms with van der Waals surface area (Å²) in [5, 5.41) is 12.1. The van der Waals surface area contributed by atoms with Crippen molar-refractivity contribution < 1.29 is 4.92 Å².